The number of hydrogen-bond donors (Lipinski definition) is 1. The average Bonchev–Trinajstić information content (AvgIpc) is 2.86. The highest BCUT2D eigenvalue weighted by Crippen LogP contribution is 2.25. The van der Waals surface area contributed by atoms with E-state index in [1.807, 2.05) is 24.3 Å². The first kappa shape index (κ1) is 17.9. The van der Waals surface area contributed by atoms with Gasteiger partial charge in [-0.3, -0.25) is 9.69 Å². The van der Waals surface area contributed by atoms with Crippen LogP contribution in [0, 0.1) is 5.82 Å². The number of carbonyl (C=O) groups excluding carboxylic acids is 2. The van der Waals surface area contributed by atoms with Gasteiger partial charge < -0.3 is 10.1 Å². The van der Waals surface area contributed by atoms with Crippen LogP contribution in [0.1, 0.15) is 24.5 Å². The second kappa shape index (κ2) is 7.15. The maximum Gasteiger partial charge on any atom is 0.325 e. The van der Waals surface area contributed by atoms with Crippen LogP contribution in [-0.2, 0) is 17.8 Å². The van der Waals surface area contributed by atoms with Crippen LogP contribution in [-0.4, -0.2) is 29.5 Å². The average molecular weight is 356 g/mol. The summed E-state index contributed by atoms with van der Waals surface area (Å²) in [5, 5.41) is 2.75. The number of amides is 3. The van der Waals surface area contributed by atoms with Crippen molar-refractivity contribution in [2.75, 3.05) is 7.11 Å². The number of imide groups is 1. The highest BCUT2D eigenvalue weighted by Gasteiger charge is 2.47. The monoisotopic (exact) mass is 356 g/mol. The lowest BCUT2D eigenvalue weighted by atomic mass is 9.93. The molecule has 1 atom stereocenters. The Morgan fingerprint density at radius 3 is 2.46 bits per heavy atom. The maximum atomic E-state index is 13.8. The Labute approximate surface area is 151 Å². The van der Waals surface area contributed by atoms with Gasteiger partial charge in [0.05, 0.1) is 13.7 Å². The van der Waals surface area contributed by atoms with Gasteiger partial charge in [-0.15, -0.1) is 0 Å². The zero-order chi connectivity index (χ0) is 18.7. The smallest absolute Gasteiger partial charge is 0.325 e. The Hall–Kier alpha value is -2.89. The first-order valence-electron chi connectivity index (χ1n) is 8.43. The molecule has 1 unspecified atom stereocenters. The number of rotatable bonds is 6. The maximum absolute atomic E-state index is 13.8. The minimum Gasteiger partial charge on any atom is -0.497 e. The third-order valence-corrected chi connectivity index (χ3v) is 4.70. The molecule has 0 spiro atoms. The Kier molecular flexibility index (Phi) is 4.93. The highest BCUT2D eigenvalue weighted by atomic mass is 19.1. The van der Waals surface area contributed by atoms with Crippen molar-refractivity contribution >= 4 is 11.9 Å². The fourth-order valence-electron chi connectivity index (χ4n) is 3.04. The SMILES string of the molecule is COc1ccc(CCC2(C)NC(=O)N(Cc3ccccc3F)C2=O)cc1. The summed E-state index contributed by atoms with van der Waals surface area (Å²) in [4.78, 5) is 26.1. The number of nitrogens with one attached hydrogen (secondary N) is 1. The van der Waals surface area contributed by atoms with Gasteiger partial charge in [0.2, 0.25) is 0 Å². The van der Waals surface area contributed by atoms with E-state index in [2.05, 4.69) is 5.32 Å². The summed E-state index contributed by atoms with van der Waals surface area (Å²) in [6.07, 6.45) is 1.08. The molecule has 0 aliphatic carbocycles. The number of halogens is 1. The Bertz CT molecular complexity index is 822. The molecule has 3 amide bonds. The summed E-state index contributed by atoms with van der Waals surface area (Å²) in [5.74, 6) is 0.000436. The lowest BCUT2D eigenvalue weighted by Crippen LogP contribution is -2.44. The number of ether oxygens (including phenoxy) is 1. The molecule has 2 aromatic carbocycles. The molecule has 3 rings (SSSR count). The Morgan fingerprint density at radius 1 is 1.12 bits per heavy atom. The third-order valence-electron chi connectivity index (χ3n) is 4.70. The van der Waals surface area contributed by atoms with Crippen LogP contribution in [0.2, 0.25) is 0 Å². The predicted octanol–water partition coefficient (Wildman–Crippen LogP) is 3.28. The summed E-state index contributed by atoms with van der Waals surface area (Å²) in [6, 6.07) is 13.2. The number of carbonyl (C=O) groups is 2. The minimum atomic E-state index is -0.998. The second-order valence-electron chi connectivity index (χ2n) is 6.59. The van der Waals surface area contributed by atoms with Crippen LogP contribution in [0.4, 0.5) is 9.18 Å². The van der Waals surface area contributed by atoms with E-state index in [1.165, 1.54) is 6.07 Å². The zero-order valence-corrected chi connectivity index (χ0v) is 14.8. The van der Waals surface area contributed by atoms with E-state index in [0.717, 1.165) is 16.2 Å². The molecule has 136 valence electrons. The van der Waals surface area contributed by atoms with Crippen molar-refractivity contribution in [2.24, 2.45) is 0 Å². The van der Waals surface area contributed by atoms with Gasteiger partial charge in [0.15, 0.2) is 0 Å². The van der Waals surface area contributed by atoms with Crippen LogP contribution < -0.4 is 10.1 Å². The Morgan fingerprint density at radius 2 is 1.81 bits per heavy atom. The summed E-state index contributed by atoms with van der Waals surface area (Å²) < 4.78 is 19.0. The molecule has 6 heteroatoms. The van der Waals surface area contributed by atoms with Crippen LogP contribution in [0.25, 0.3) is 0 Å². The van der Waals surface area contributed by atoms with Crippen LogP contribution in [0.15, 0.2) is 48.5 Å². The van der Waals surface area contributed by atoms with Crippen LogP contribution in [0.5, 0.6) is 5.75 Å². The van der Waals surface area contributed by atoms with E-state index in [1.54, 1.807) is 32.2 Å². The molecule has 1 fully saturated rings. The molecule has 0 radical (unpaired) electrons. The van der Waals surface area contributed by atoms with Crippen molar-refractivity contribution < 1.29 is 18.7 Å². The predicted molar refractivity (Wildman–Crippen MR) is 95.2 cm³/mol. The standard InChI is InChI=1S/C20H21FN2O3/c1-20(12-11-14-7-9-16(26-2)10-8-14)18(24)23(19(25)22-20)13-15-5-3-4-6-17(15)21/h3-10H,11-13H2,1-2H3,(H,22,25). The third kappa shape index (κ3) is 3.54. The molecule has 0 saturated carbocycles. The summed E-state index contributed by atoms with van der Waals surface area (Å²) in [5.41, 5.74) is 0.361. The van der Waals surface area contributed by atoms with Gasteiger partial charge in [0.1, 0.15) is 17.1 Å². The van der Waals surface area contributed by atoms with Crippen LogP contribution in [0.3, 0.4) is 0 Å². The van der Waals surface area contributed by atoms with Crippen LogP contribution >= 0.6 is 0 Å². The topological polar surface area (TPSA) is 58.6 Å². The van der Waals surface area contributed by atoms with Crippen molar-refractivity contribution in [3.05, 3.63) is 65.5 Å². The van der Waals surface area contributed by atoms with E-state index in [0.29, 0.717) is 18.4 Å². The number of aryl methyl sites for hydroxylation is 1. The molecule has 1 N–H and O–H groups in total. The minimum absolute atomic E-state index is 0.0739. The quantitative estimate of drug-likeness (QED) is 0.808. The van der Waals surface area contributed by atoms with E-state index in [4.69, 9.17) is 4.74 Å². The largest absolute Gasteiger partial charge is 0.497 e. The molecule has 1 aliphatic rings. The summed E-state index contributed by atoms with van der Waals surface area (Å²) >= 11 is 0. The summed E-state index contributed by atoms with van der Waals surface area (Å²) in [7, 11) is 1.60. The van der Waals surface area contributed by atoms with Gasteiger partial charge >= 0.3 is 6.03 Å². The number of benzene rings is 2. The first-order valence-corrected chi connectivity index (χ1v) is 8.43. The lowest BCUT2D eigenvalue weighted by molar-refractivity contribution is -0.131. The fourth-order valence-corrected chi connectivity index (χ4v) is 3.04. The lowest BCUT2D eigenvalue weighted by Gasteiger charge is -2.22. The van der Waals surface area contributed by atoms with Gasteiger partial charge in [-0.2, -0.15) is 0 Å². The van der Waals surface area contributed by atoms with E-state index >= 15 is 0 Å². The molecular formula is C20H21FN2O3. The number of nitrogens with zero attached hydrogens (tertiary/aromatic N) is 1. The first-order chi connectivity index (χ1) is 12.4. The normalized spacial score (nSPS) is 19.6. The van der Waals surface area contributed by atoms with Crippen molar-refractivity contribution in [3.8, 4) is 5.75 Å². The molecule has 26 heavy (non-hydrogen) atoms. The van der Waals surface area contributed by atoms with Gasteiger partial charge in [-0.05, 0) is 43.5 Å². The molecular weight excluding hydrogens is 335 g/mol. The molecule has 2 aromatic rings. The van der Waals surface area contributed by atoms with Gasteiger partial charge in [0.25, 0.3) is 5.91 Å². The van der Waals surface area contributed by atoms with Crippen molar-refractivity contribution in [1.29, 1.82) is 0 Å². The molecule has 0 aromatic heterocycles. The fraction of sp³-hybridized carbons (Fsp3) is 0.300. The molecule has 0 bridgehead atoms. The van der Waals surface area contributed by atoms with Crippen molar-refractivity contribution in [2.45, 2.75) is 31.8 Å². The van der Waals surface area contributed by atoms with E-state index in [9.17, 15) is 14.0 Å². The molecule has 5 nitrogen and oxygen atoms in total. The number of urea groups is 1. The Balaban J connectivity index is 1.69. The highest BCUT2D eigenvalue weighted by molar-refractivity contribution is 6.06. The number of hydrogen-bond acceptors (Lipinski definition) is 3. The van der Waals surface area contributed by atoms with Gasteiger partial charge in [-0.25, -0.2) is 9.18 Å². The molecule has 1 aliphatic heterocycles. The zero-order valence-electron chi connectivity index (χ0n) is 14.8. The van der Waals surface area contributed by atoms with E-state index in [-0.39, 0.29) is 12.5 Å². The second-order valence-corrected chi connectivity index (χ2v) is 6.59. The summed E-state index contributed by atoms with van der Waals surface area (Å²) in [6.45, 7) is 1.63. The van der Waals surface area contributed by atoms with E-state index < -0.39 is 17.4 Å². The van der Waals surface area contributed by atoms with Crippen molar-refractivity contribution in [1.82, 2.24) is 10.2 Å². The van der Waals surface area contributed by atoms with Gasteiger partial charge in [0, 0.05) is 5.56 Å². The molecule has 1 saturated heterocycles. The van der Waals surface area contributed by atoms with Crippen molar-refractivity contribution in [3.63, 3.8) is 0 Å². The number of methoxy groups -OCH3 is 1. The van der Waals surface area contributed by atoms with Gasteiger partial charge in [-0.1, -0.05) is 30.3 Å². The molecule has 1 heterocycles.